The molecule has 1 amide bonds. The Morgan fingerprint density at radius 2 is 1.91 bits per heavy atom. The fourth-order valence-corrected chi connectivity index (χ4v) is 5.01. The smallest absolute Gasteiger partial charge is 0.290 e. The number of nitrogens with zero attached hydrogens (tertiary/aromatic N) is 2. The Morgan fingerprint density at radius 3 is 2.54 bits per heavy atom. The van der Waals surface area contributed by atoms with E-state index in [1.165, 1.54) is 23.3 Å². The van der Waals surface area contributed by atoms with Crippen molar-refractivity contribution in [3.63, 3.8) is 0 Å². The molecular formula is C26H34N2O6S. The van der Waals surface area contributed by atoms with Crippen LogP contribution in [0.25, 0.3) is 0 Å². The molecule has 0 aliphatic carbocycles. The molecule has 190 valence electrons. The lowest BCUT2D eigenvalue weighted by molar-refractivity contribution is -0.130. The maximum absolute atomic E-state index is 13.6. The zero-order valence-electron chi connectivity index (χ0n) is 21.1. The quantitative estimate of drug-likeness (QED) is 0.306. The van der Waals surface area contributed by atoms with Crippen LogP contribution in [0.5, 0.6) is 11.5 Å². The van der Waals surface area contributed by atoms with E-state index in [1.54, 1.807) is 19.1 Å². The number of Topliss-reactive ketones (excluding diaryl/α,β-unsaturated/α-hetero) is 1. The number of aryl methyl sites for hydroxylation is 2. The Hall–Kier alpha value is -2.91. The first-order chi connectivity index (χ1) is 16.8. The number of ether oxygens (including phenoxy) is 3. The standard InChI is InChI=1S/C26H34N2O6S/c1-6-8-9-13-34-19-11-10-18(15-20(19)33-7-2)22-21(23(29)25-16(3)27-17(4)35-25)24(30)26(31)28(22)12-14-32-5/h10-11,15,22,30H,6-9,12-14H2,1-5H3. The van der Waals surface area contributed by atoms with Crippen molar-refractivity contribution in [3.8, 4) is 11.5 Å². The maximum Gasteiger partial charge on any atom is 0.290 e. The topological polar surface area (TPSA) is 98.2 Å². The number of carbonyl (C=O) groups excluding carboxylic acids is 2. The summed E-state index contributed by atoms with van der Waals surface area (Å²) in [6.07, 6.45) is 3.11. The van der Waals surface area contributed by atoms with Gasteiger partial charge in [0.05, 0.1) is 47.0 Å². The van der Waals surface area contributed by atoms with Crippen molar-refractivity contribution in [2.75, 3.05) is 33.5 Å². The molecule has 1 atom stereocenters. The predicted octanol–water partition coefficient (Wildman–Crippen LogP) is 4.95. The van der Waals surface area contributed by atoms with Crippen molar-refractivity contribution in [3.05, 3.63) is 50.7 Å². The fourth-order valence-electron chi connectivity index (χ4n) is 4.13. The van der Waals surface area contributed by atoms with E-state index in [2.05, 4.69) is 11.9 Å². The molecule has 1 unspecified atom stereocenters. The van der Waals surface area contributed by atoms with Crippen LogP contribution in [0.4, 0.5) is 0 Å². The second kappa shape index (κ2) is 12.2. The molecule has 2 aromatic rings. The van der Waals surface area contributed by atoms with E-state index in [1.807, 2.05) is 19.9 Å². The second-order valence-corrected chi connectivity index (χ2v) is 9.53. The highest BCUT2D eigenvalue weighted by Gasteiger charge is 2.44. The maximum atomic E-state index is 13.6. The van der Waals surface area contributed by atoms with Gasteiger partial charge in [-0.25, -0.2) is 4.98 Å². The molecule has 2 heterocycles. The number of aromatic nitrogens is 1. The Kier molecular flexibility index (Phi) is 9.28. The highest BCUT2D eigenvalue weighted by molar-refractivity contribution is 7.14. The number of ketones is 1. The zero-order valence-corrected chi connectivity index (χ0v) is 21.9. The van der Waals surface area contributed by atoms with Crippen molar-refractivity contribution in [2.45, 2.75) is 53.0 Å². The van der Waals surface area contributed by atoms with Crippen molar-refractivity contribution >= 4 is 23.0 Å². The minimum Gasteiger partial charge on any atom is -0.503 e. The van der Waals surface area contributed by atoms with Gasteiger partial charge in [0.1, 0.15) is 0 Å². The molecule has 0 bridgehead atoms. The number of unbranched alkanes of at least 4 members (excludes halogenated alkanes) is 2. The van der Waals surface area contributed by atoms with Gasteiger partial charge in [-0.05, 0) is 44.9 Å². The molecule has 9 heteroatoms. The van der Waals surface area contributed by atoms with Crippen LogP contribution in [-0.2, 0) is 9.53 Å². The number of amides is 1. The number of hydrogen-bond acceptors (Lipinski definition) is 8. The van der Waals surface area contributed by atoms with Gasteiger partial charge in [-0.3, -0.25) is 9.59 Å². The van der Waals surface area contributed by atoms with Gasteiger partial charge < -0.3 is 24.2 Å². The molecule has 1 aliphatic heterocycles. The van der Waals surface area contributed by atoms with E-state index in [9.17, 15) is 14.7 Å². The normalized spacial score (nSPS) is 15.7. The highest BCUT2D eigenvalue weighted by atomic mass is 32.1. The van der Waals surface area contributed by atoms with E-state index in [4.69, 9.17) is 14.2 Å². The number of rotatable bonds is 13. The Morgan fingerprint density at radius 1 is 1.14 bits per heavy atom. The number of aliphatic hydroxyl groups is 1. The van der Waals surface area contributed by atoms with Gasteiger partial charge in [0, 0.05) is 13.7 Å². The number of carbonyl (C=O) groups is 2. The largest absolute Gasteiger partial charge is 0.503 e. The molecule has 1 aromatic carbocycles. The van der Waals surface area contributed by atoms with Gasteiger partial charge in [-0.1, -0.05) is 25.8 Å². The molecule has 3 rings (SSSR count). The van der Waals surface area contributed by atoms with Crippen LogP contribution in [0, 0.1) is 13.8 Å². The lowest BCUT2D eigenvalue weighted by Crippen LogP contribution is -2.34. The van der Waals surface area contributed by atoms with Crippen molar-refractivity contribution in [2.24, 2.45) is 0 Å². The van der Waals surface area contributed by atoms with Crippen molar-refractivity contribution in [1.82, 2.24) is 9.88 Å². The Labute approximate surface area is 210 Å². The Balaban J connectivity index is 2.04. The molecule has 0 spiro atoms. The first kappa shape index (κ1) is 26.7. The highest BCUT2D eigenvalue weighted by Crippen LogP contribution is 2.42. The molecule has 1 N–H and O–H groups in total. The van der Waals surface area contributed by atoms with Gasteiger partial charge in [0.15, 0.2) is 17.3 Å². The summed E-state index contributed by atoms with van der Waals surface area (Å²) < 4.78 is 17.0. The van der Waals surface area contributed by atoms with Gasteiger partial charge in [0.25, 0.3) is 5.91 Å². The van der Waals surface area contributed by atoms with E-state index in [0.717, 1.165) is 24.3 Å². The van der Waals surface area contributed by atoms with Crippen LogP contribution >= 0.6 is 11.3 Å². The summed E-state index contributed by atoms with van der Waals surface area (Å²) in [5.41, 5.74) is 1.26. The van der Waals surface area contributed by atoms with Gasteiger partial charge in [-0.2, -0.15) is 0 Å². The molecular weight excluding hydrogens is 468 g/mol. The van der Waals surface area contributed by atoms with E-state index < -0.39 is 23.5 Å². The minimum atomic E-state index is -0.791. The van der Waals surface area contributed by atoms with Crippen LogP contribution < -0.4 is 9.47 Å². The third-order valence-electron chi connectivity index (χ3n) is 5.78. The predicted molar refractivity (Wildman–Crippen MR) is 135 cm³/mol. The van der Waals surface area contributed by atoms with Crippen LogP contribution in [0.15, 0.2) is 29.5 Å². The number of aliphatic hydroxyl groups excluding tert-OH is 1. The molecule has 0 saturated carbocycles. The second-order valence-electron chi connectivity index (χ2n) is 8.33. The van der Waals surface area contributed by atoms with E-state index >= 15 is 0 Å². The van der Waals surface area contributed by atoms with E-state index in [0.29, 0.717) is 40.8 Å². The molecule has 1 aliphatic rings. The van der Waals surface area contributed by atoms with Gasteiger partial charge in [0.2, 0.25) is 5.78 Å². The summed E-state index contributed by atoms with van der Waals surface area (Å²) in [5, 5.41) is 11.6. The van der Waals surface area contributed by atoms with E-state index in [-0.39, 0.29) is 18.7 Å². The Bertz CT molecular complexity index is 1090. The molecule has 35 heavy (non-hydrogen) atoms. The number of methoxy groups -OCH3 is 1. The van der Waals surface area contributed by atoms with Crippen LogP contribution in [0.2, 0.25) is 0 Å². The van der Waals surface area contributed by atoms with Gasteiger partial charge in [-0.15, -0.1) is 11.3 Å². The monoisotopic (exact) mass is 502 g/mol. The first-order valence-electron chi connectivity index (χ1n) is 11.9. The SMILES string of the molecule is CCCCCOc1ccc(C2C(C(=O)c3sc(C)nc3C)=C(O)C(=O)N2CCOC)cc1OCC. The summed E-state index contributed by atoms with van der Waals surface area (Å²) in [7, 11) is 1.54. The van der Waals surface area contributed by atoms with Crippen LogP contribution in [0.3, 0.4) is 0 Å². The average Bonchev–Trinajstić information content (AvgIpc) is 3.30. The summed E-state index contributed by atoms with van der Waals surface area (Å²) in [4.78, 5) is 32.9. The minimum absolute atomic E-state index is 0.0388. The third-order valence-corrected chi connectivity index (χ3v) is 6.85. The molecule has 0 fully saturated rings. The third kappa shape index (κ3) is 5.85. The van der Waals surface area contributed by atoms with Crippen LogP contribution in [0.1, 0.15) is 65.1 Å². The van der Waals surface area contributed by atoms with Crippen LogP contribution in [-0.4, -0.2) is 60.2 Å². The molecule has 0 radical (unpaired) electrons. The zero-order chi connectivity index (χ0) is 25.5. The summed E-state index contributed by atoms with van der Waals surface area (Å²) >= 11 is 1.25. The lowest BCUT2D eigenvalue weighted by atomic mass is 9.94. The first-order valence-corrected chi connectivity index (χ1v) is 12.8. The summed E-state index contributed by atoms with van der Waals surface area (Å²) in [6.45, 7) is 9.05. The fraction of sp³-hybridized carbons (Fsp3) is 0.500. The van der Waals surface area contributed by atoms with Crippen molar-refractivity contribution < 1.29 is 28.9 Å². The number of hydrogen-bond donors (Lipinski definition) is 1. The van der Waals surface area contributed by atoms with Crippen molar-refractivity contribution in [1.29, 1.82) is 0 Å². The summed E-state index contributed by atoms with van der Waals surface area (Å²) in [6, 6.07) is 4.60. The van der Waals surface area contributed by atoms with Gasteiger partial charge >= 0.3 is 0 Å². The number of thiazole rings is 1. The molecule has 1 aromatic heterocycles. The lowest BCUT2D eigenvalue weighted by Gasteiger charge is -2.27. The molecule has 8 nitrogen and oxygen atoms in total. The summed E-state index contributed by atoms with van der Waals surface area (Å²) in [5.74, 6) is -0.411. The number of benzene rings is 1. The molecule has 0 saturated heterocycles. The average molecular weight is 503 g/mol.